The maximum absolute atomic E-state index is 14.3. The lowest BCUT2D eigenvalue weighted by Crippen LogP contribution is -2.06. The molecule has 0 radical (unpaired) electrons. The fourth-order valence-electron chi connectivity index (χ4n) is 2.92. The smallest absolute Gasteiger partial charge is 0.338 e. The van der Waals surface area contributed by atoms with Gasteiger partial charge >= 0.3 is 5.97 Å². The number of esters is 1. The average Bonchev–Trinajstić information content (AvgIpc) is 3.04. The summed E-state index contributed by atoms with van der Waals surface area (Å²) in [5, 5.41) is 0.758. The Kier molecular flexibility index (Phi) is 6.70. The first-order valence-electron chi connectivity index (χ1n) is 9.08. The van der Waals surface area contributed by atoms with Crippen molar-refractivity contribution < 1.29 is 18.7 Å². The molecule has 1 heterocycles. The molecular formula is C21H23FN2O3S. The van der Waals surface area contributed by atoms with Crippen molar-refractivity contribution in [2.45, 2.75) is 31.3 Å². The van der Waals surface area contributed by atoms with Crippen molar-refractivity contribution >= 4 is 28.8 Å². The number of aryl methyl sites for hydroxylation is 1. The highest BCUT2D eigenvalue weighted by atomic mass is 32.2. The predicted molar refractivity (Wildman–Crippen MR) is 108 cm³/mol. The number of aromatic nitrogens is 2. The van der Waals surface area contributed by atoms with Crippen molar-refractivity contribution in [3.63, 3.8) is 0 Å². The van der Waals surface area contributed by atoms with Gasteiger partial charge in [-0.3, -0.25) is 0 Å². The Balaban J connectivity index is 1.92. The summed E-state index contributed by atoms with van der Waals surface area (Å²) in [6, 6.07) is 10.7. The van der Waals surface area contributed by atoms with Crippen LogP contribution in [0.3, 0.4) is 0 Å². The Bertz CT molecular complexity index is 987. The van der Waals surface area contributed by atoms with Crippen LogP contribution in [0.25, 0.3) is 11.0 Å². The van der Waals surface area contributed by atoms with Crippen LogP contribution in [0, 0.1) is 12.7 Å². The van der Waals surface area contributed by atoms with E-state index in [-0.39, 0.29) is 11.8 Å². The molecule has 0 atom stereocenters. The molecule has 7 heteroatoms. The van der Waals surface area contributed by atoms with E-state index in [1.165, 1.54) is 11.8 Å². The van der Waals surface area contributed by atoms with Gasteiger partial charge in [0.25, 0.3) is 0 Å². The van der Waals surface area contributed by atoms with Gasteiger partial charge in [0.1, 0.15) is 5.82 Å². The fraction of sp³-hybridized carbons (Fsp3) is 0.333. The highest BCUT2D eigenvalue weighted by Gasteiger charge is 2.15. The minimum Gasteiger partial charge on any atom is -0.462 e. The number of benzene rings is 2. The van der Waals surface area contributed by atoms with E-state index >= 15 is 0 Å². The second-order valence-electron chi connectivity index (χ2n) is 6.30. The molecule has 2 aromatic carbocycles. The third-order valence-corrected chi connectivity index (χ3v) is 5.40. The number of halogens is 1. The molecule has 5 nitrogen and oxygen atoms in total. The zero-order valence-electron chi connectivity index (χ0n) is 16.2. The van der Waals surface area contributed by atoms with E-state index < -0.39 is 0 Å². The SMILES string of the molecule is CCOC(=O)c1ccc2c(c1)nc(SCc1cccc(C)c1F)n2CCOC. The number of methoxy groups -OCH3 is 1. The molecule has 0 saturated carbocycles. The quantitative estimate of drug-likeness (QED) is 0.407. The molecule has 0 aliphatic rings. The van der Waals surface area contributed by atoms with Crippen molar-refractivity contribution in [3.05, 3.63) is 58.9 Å². The Hall–Kier alpha value is -2.38. The molecule has 0 bridgehead atoms. The lowest BCUT2D eigenvalue weighted by atomic mass is 10.1. The standard InChI is InChI=1S/C21H23FN2O3S/c1-4-27-20(25)15-8-9-18-17(12-15)23-21(24(18)10-11-26-3)28-13-16-7-5-6-14(2)19(16)22/h5-9,12H,4,10-11,13H2,1-3H3. The average molecular weight is 402 g/mol. The summed E-state index contributed by atoms with van der Waals surface area (Å²) in [6.45, 7) is 4.99. The van der Waals surface area contributed by atoms with E-state index in [9.17, 15) is 9.18 Å². The summed E-state index contributed by atoms with van der Waals surface area (Å²) in [5.41, 5.74) is 3.34. The topological polar surface area (TPSA) is 53.3 Å². The molecule has 3 aromatic rings. The van der Waals surface area contributed by atoms with E-state index in [0.717, 1.165) is 10.7 Å². The number of fused-ring (bicyclic) bond motifs is 1. The lowest BCUT2D eigenvalue weighted by Gasteiger charge is -2.09. The second-order valence-corrected chi connectivity index (χ2v) is 7.24. The van der Waals surface area contributed by atoms with E-state index in [4.69, 9.17) is 9.47 Å². The van der Waals surface area contributed by atoms with Crippen LogP contribution in [0.2, 0.25) is 0 Å². The fourth-order valence-corrected chi connectivity index (χ4v) is 3.94. The summed E-state index contributed by atoms with van der Waals surface area (Å²) in [5.74, 6) is -0.0832. The molecule has 0 unspecified atom stereocenters. The number of ether oxygens (including phenoxy) is 2. The van der Waals surface area contributed by atoms with Crippen molar-refractivity contribution in [1.29, 1.82) is 0 Å². The number of carbonyl (C=O) groups excluding carboxylic acids is 1. The van der Waals surface area contributed by atoms with Gasteiger partial charge in [-0.2, -0.15) is 0 Å². The molecular weight excluding hydrogens is 379 g/mol. The molecule has 0 amide bonds. The van der Waals surface area contributed by atoms with E-state index in [0.29, 0.717) is 47.7 Å². The van der Waals surface area contributed by atoms with Crippen molar-refractivity contribution in [2.75, 3.05) is 20.3 Å². The zero-order chi connectivity index (χ0) is 20.1. The van der Waals surface area contributed by atoms with Crippen LogP contribution in [-0.2, 0) is 21.8 Å². The lowest BCUT2D eigenvalue weighted by molar-refractivity contribution is 0.0526. The van der Waals surface area contributed by atoms with Gasteiger partial charge in [-0.25, -0.2) is 14.2 Å². The molecule has 148 valence electrons. The number of carbonyl (C=O) groups is 1. The predicted octanol–water partition coefficient (Wildman–Crippen LogP) is 4.60. The molecule has 0 aliphatic heterocycles. The first kappa shape index (κ1) is 20.4. The highest BCUT2D eigenvalue weighted by molar-refractivity contribution is 7.98. The summed E-state index contributed by atoms with van der Waals surface area (Å²) >= 11 is 1.46. The van der Waals surface area contributed by atoms with Gasteiger partial charge in [0.05, 0.1) is 29.8 Å². The Morgan fingerprint density at radius 3 is 2.86 bits per heavy atom. The Morgan fingerprint density at radius 1 is 1.29 bits per heavy atom. The van der Waals surface area contributed by atoms with Crippen LogP contribution < -0.4 is 0 Å². The number of imidazole rings is 1. The minimum absolute atomic E-state index is 0.181. The molecule has 28 heavy (non-hydrogen) atoms. The Morgan fingerprint density at radius 2 is 2.11 bits per heavy atom. The van der Waals surface area contributed by atoms with Gasteiger partial charge in [-0.15, -0.1) is 0 Å². The van der Waals surface area contributed by atoms with Crippen molar-refractivity contribution in [2.24, 2.45) is 0 Å². The van der Waals surface area contributed by atoms with Crippen LogP contribution in [0.15, 0.2) is 41.6 Å². The number of rotatable bonds is 8. The summed E-state index contributed by atoms with van der Waals surface area (Å²) in [6.07, 6.45) is 0. The third kappa shape index (κ3) is 4.36. The van der Waals surface area contributed by atoms with Gasteiger partial charge in [0.15, 0.2) is 5.16 Å². The number of thioether (sulfide) groups is 1. The van der Waals surface area contributed by atoms with Crippen LogP contribution >= 0.6 is 11.8 Å². The van der Waals surface area contributed by atoms with Crippen molar-refractivity contribution in [1.82, 2.24) is 9.55 Å². The number of hydrogen-bond acceptors (Lipinski definition) is 5. The molecule has 3 rings (SSSR count). The van der Waals surface area contributed by atoms with E-state index in [2.05, 4.69) is 4.98 Å². The van der Waals surface area contributed by atoms with Gasteiger partial charge < -0.3 is 14.0 Å². The molecule has 1 aromatic heterocycles. The molecule has 0 fully saturated rings. The van der Waals surface area contributed by atoms with Crippen LogP contribution in [0.4, 0.5) is 4.39 Å². The zero-order valence-corrected chi connectivity index (χ0v) is 17.0. The van der Waals surface area contributed by atoms with Gasteiger partial charge in [-0.1, -0.05) is 30.0 Å². The molecule has 0 spiro atoms. The van der Waals surface area contributed by atoms with Gasteiger partial charge in [0.2, 0.25) is 0 Å². The number of hydrogen-bond donors (Lipinski definition) is 0. The highest BCUT2D eigenvalue weighted by Crippen LogP contribution is 2.29. The molecule has 0 aliphatic carbocycles. The summed E-state index contributed by atoms with van der Waals surface area (Å²) < 4.78 is 26.6. The first-order chi connectivity index (χ1) is 13.5. The van der Waals surface area contributed by atoms with Gasteiger partial charge in [0, 0.05) is 19.4 Å². The van der Waals surface area contributed by atoms with Crippen molar-refractivity contribution in [3.8, 4) is 0 Å². The van der Waals surface area contributed by atoms with Crippen LogP contribution in [-0.4, -0.2) is 35.8 Å². The largest absolute Gasteiger partial charge is 0.462 e. The number of nitrogens with zero attached hydrogens (tertiary/aromatic N) is 2. The normalized spacial score (nSPS) is 11.1. The summed E-state index contributed by atoms with van der Waals surface area (Å²) in [4.78, 5) is 16.7. The van der Waals surface area contributed by atoms with E-state index in [1.54, 1.807) is 45.2 Å². The van der Waals surface area contributed by atoms with Crippen LogP contribution in [0.5, 0.6) is 0 Å². The Labute approximate surface area is 167 Å². The minimum atomic E-state index is -0.369. The third-order valence-electron chi connectivity index (χ3n) is 4.37. The maximum atomic E-state index is 14.3. The van der Waals surface area contributed by atoms with Gasteiger partial charge in [-0.05, 0) is 43.2 Å². The van der Waals surface area contributed by atoms with E-state index in [1.807, 2.05) is 16.7 Å². The summed E-state index contributed by atoms with van der Waals surface area (Å²) in [7, 11) is 1.65. The molecule has 0 saturated heterocycles. The molecule has 0 N–H and O–H groups in total. The first-order valence-corrected chi connectivity index (χ1v) is 10.1. The maximum Gasteiger partial charge on any atom is 0.338 e. The van der Waals surface area contributed by atoms with Crippen LogP contribution in [0.1, 0.15) is 28.4 Å². The second kappa shape index (κ2) is 9.21. The monoisotopic (exact) mass is 402 g/mol.